The molecule has 2 unspecified atom stereocenters. The number of amides is 3. The quantitative estimate of drug-likeness (QED) is 0.262. The summed E-state index contributed by atoms with van der Waals surface area (Å²) in [7, 11) is -3.91. The van der Waals surface area contributed by atoms with E-state index in [1.807, 2.05) is 0 Å². The van der Waals surface area contributed by atoms with Crippen LogP contribution in [0.5, 0.6) is 0 Å². The molecule has 6 rings (SSSR count). The minimum absolute atomic E-state index is 0.122. The lowest BCUT2D eigenvalue weighted by atomic mass is 9.83. The summed E-state index contributed by atoms with van der Waals surface area (Å²) in [6.45, 7) is -0.402. The van der Waals surface area contributed by atoms with Gasteiger partial charge < -0.3 is 5.32 Å². The average Bonchev–Trinajstić information content (AvgIpc) is 3.41. The normalized spacial score (nSPS) is 19.5. The molecule has 10 nitrogen and oxygen atoms in total. The number of thioether (sulfide) groups is 1. The van der Waals surface area contributed by atoms with Crippen LogP contribution >= 0.6 is 62.2 Å². The van der Waals surface area contributed by atoms with E-state index in [1.54, 1.807) is 42.5 Å². The number of aromatic nitrogens is 1. The minimum Gasteiger partial charge on any atom is -0.325 e. The monoisotopic (exact) mass is 752 g/mol. The zero-order valence-electron chi connectivity index (χ0n) is 22.1. The van der Waals surface area contributed by atoms with Crippen molar-refractivity contribution in [1.82, 2.24) is 4.57 Å². The predicted molar refractivity (Wildman–Crippen MR) is 173 cm³/mol. The molecule has 4 aromatic rings. The van der Waals surface area contributed by atoms with E-state index < -0.39 is 56.2 Å². The Bertz CT molecular complexity index is 2020. The van der Waals surface area contributed by atoms with Gasteiger partial charge in [0, 0.05) is 21.0 Å². The predicted octanol–water partition coefficient (Wildman–Crippen LogP) is 5.06. The van der Waals surface area contributed by atoms with Crippen molar-refractivity contribution in [3.05, 3.63) is 101 Å². The number of primary sulfonamides is 1. The van der Waals surface area contributed by atoms with Gasteiger partial charge in [0.05, 0.1) is 31.6 Å². The number of carbonyl (C=O) groups excluding carboxylic acids is 3. The first-order valence-electron chi connectivity index (χ1n) is 12.8. The van der Waals surface area contributed by atoms with Crippen LogP contribution in [0.25, 0.3) is 0 Å². The Kier molecular flexibility index (Phi) is 8.28. The third-order valence-electron chi connectivity index (χ3n) is 7.22. The fraction of sp³-hybridized carbons (Fsp3) is 0.143. The molecule has 1 saturated heterocycles. The largest absolute Gasteiger partial charge is 0.325 e. The molecule has 3 heterocycles. The zero-order valence-corrected chi connectivity index (χ0v) is 27.6. The van der Waals surface area contributed by atoms with Gasteiger partial charge in [0.15, 0.2) is 0 Å². The van der Waals surface area contributed by atoms with Gasteiger partial charge in [-0.05, 0) is 60.2 Å². The lowest BCUT2D eigenvalue weighted by Crippen LogP contribution is -2.33. The van der Waals surface area contributed by atoms with E-state index in [-0.39, 0.29) is 20.6 Å². The number of imide groups is 1. The number of nitrogens with one attached hydrogen (secondary N) is 1. The summed E-state index contributed by atoms with van der Waals surface area (Å²) < 4.78 is 25.1. The molecular formula is C28H19BrCl2N4O6S3. The summed E-state index contributed by atoms with van der Waals surface area (Å²) in [5, 5.41) is 7.69. The van der Waals surface area contributed by atoms with Crippen LogP contribution in [0.3, 0.4) is 0 Å². The first-order valence-corrected chi connectivity index (χ1v) is 17.5. The zero-order chi connectivity index (χ0) is 31.5. The molecule has 44 heavy (non-hydrogen) atoms. The average molecular weight is 754 g/mol. The second kappa shape index (κ2) is 11.7. The Morgan fingerprint density at radius 1 is 0.977 bits per heavy atom. The molecule has 2 aliphatic heterocycles. The second-order valence-corrected chi connectivity index (χ2v) is 15.3. The molecule has 3 atom stereocenters. The van der Waals surface area contributed by atoms with Gasteiger partial charge in [-0.1, -0.05) is 74.4 Å². The van der Waals surface area contributed by atoms with Gasteiger partial charge in [-0.3, -0.25) is 23.7 Å². The van der Waals surface area contributed by atoms with Crippen LogP contribution in [0.4, 0.5) is 11.4 Å². The first-order chi connectivity index (χ1) is 20.8. The van der Waals surface area contributed by atoms with Gasteiger partial charge in [0.1, 0.15) is 11.8 Å². The maximum atomic E-state index is 14.0. The molecule has 0 spiro atoms. The van der Waals surface area contributed by atoms with E-state index in [1.165, 1.54) is 28.8 Å². The molecule has 0 saturated carbocycles. The third kappa shape index (κ3) is 5.53. The van der Waals surface area contributed by atoms with E-state index in [4.69, 9.17) is 28.3 Å². The second-order valence-electron chi connectivity index (χ2n) is 9.91. The maximum Gasteiger partial charge on any atom is 0.308 e. The molecular weight excluding hydrogens is 735 g/mol. The van der Waals surface area contributed by atoms with E-state index >= 15 is 0 Å². The Labute approximate surface area is 277 Å². The summed E-state index contributed by atoms with van der Waals surface area (Å²) >= 11 is 18.3. The van der Waals surface area contributed by atoms with Gasteiger partial charge in [0.2, 0.25) is 27.7 Å². The lowest BCUT2D eigenvalue weighted by Gasteiger charge is -2.31. The fourth-order valence-electron chi connectivity index (χ4n) is 5.27. The van der Waals surface area contributed by atoms with Crippen LogP contribution in [-0.4, -0.2) is 36.0 Å². The van der Waals surface area contributed by atoms with Crippen LogP contribution in [0.1, 0.15) is 16.4 Å². The Hall–Kier alpha value is -2.98. The molecule has 1 fully saturated rings. The molecule has 3 amide bonds. The highest BCUT2D eigenvalue weighted by atomic mass is 79.9. The van der Waals surface area contributed by atoms with Crippen molar-refractivity contribution in [2.75, 3.05) is 10.2 Å². The van der Waals surface area contributed by atoms with E-state index in [9.17, 15) is 27.6 Å². The number of halogens is 3. The summed E-state index contributed by atoms with van der Waals surface area (Å²) in [6.07, 6.45) is 0. The van der Waals surface area contributed by atoms with E-state index in [0.717, 1.165) is 32.5 Å². The van der Waals surface area contributed by atoms with Gasteiger partial charge in [-0.15, -0.1) is 0 Å². The van der Waals surface area contributed by atoms with Gasteiger partial charge in [0.25, 0.3) is 0 Å². The van der Waals surface area contributed by atoms with Crippen LogP contribution in [0, 0.1) is 5.92 Å². The molecule has 1 aromatic heterocycles. The van der Waals surface area contributed by atoms with Crippen LogP contribution < -0.4 is 20.2 Å². The molecule has 0 bridgehead atoms. The smallest absolute Gasteiger partial charge is 0.308 e. The number of carbonyl (C=O) groups is 3. The Morgan fingerprint density at radius 3 is 2.32 bits per heavy atom. The number of nitrogens with two attached hydrogens (primary N) is 1. The van der Waals surface area contributed by atoms with Crippen LogP contribution in [0.15, 0.2) is 85.9 Å². The van der Waals surface area contributed by atoms with Crippen LogP contribution in [0.2, 0.25) is 10.0 Å². The highest BCUT2D eigenvalue weighted by Crippen LogP contribution is 2.55. The molecule has 16 heteroatoms. The van der Waals surface area contributed by atoms with E-state index in [2.05, 4.69) is 21.2 Å². The number of hydrogen-bond acceptors (Lipinski definition) is 8. The van der Waals surface area contributed by atoms with Crippen LogP contribution in [-0.2, 0) is 31.0 Å². The number of anilines is 2. The number of thiazole rings is 1. The van der Waals surface area contributed by atoms with Gasteiger partial charge in [-0.25, -0.2) is 18.5 Å². The molecule has 0 radical (unpaired) electrons. The topological polar surface area (TPSA) is 149 Å². The number of fused-ring (bicyclic) bond motifs is 2. The maximum absolute atomic E-state index is 14.0. The molecule has 3 aromatic carbocycles. The minimum atomic E-state index is -3.91. The SMILES string of the molecule is NS(=O)(=O)c1ccc(NC(=O)Cn2c3c(sc2=O)[C@H](c2cccc(Cl)c2Cl)C2C(=O)N(c4ccc(Br)cc4)C(=O)C2S3)cc1. The van der Waals surface area contributed by atoms with Crippen molar-refractivity contribution in [3.8, 4) is 0 Å². The highest BCUT2D eigenvalue weighted by Gasteiger charge is 2.57. The third-order valence-corrected chi connectivity index (χ3v) is 12.1. The summed E-state index contributed by atoms with van der Waals surface area (Å²) in [5.41, 5.74) is 1.18. The van der Waals surface area contributed by atoms with Crippen molar-refractivity contribution in [2.45, 2.75) is 27.6 Å². The fourth-order valence-corrected chi connectivity index (χ4v) is 9.24. The number of benzene rings is 3. The summed E-state index contributed by atoms with van der Waals surface area (Å²) in [5.74, 6) is -3.13. The van der Waals surface area contributed by atoms with Crippen molar-refractivity contribution in [3.63, 3.8) is 0 Å². The van der Waals surface area contributed by atoms with Gasteiger partial charge >= 0.3 is 4.87 Å². The van der Waals surface area contributed by atoms with Crippen molar-refractivity contribution < 1.29 is 22.8 Å². The molecule has 2 aliphatic rings. The van der Waals surface area contributed by atoms with Crippen molar-refractivity contribution in [2.24, 2.45) is 11.1 Å². The lowest BCUT2D eigenvalue weighted by molar-refractivity contribution is -0.122. The number of rotatable bonds is 6. The van der Waals surface area contributed by atoms with Crippen molar-refractivity contribution in [1.29, 1.82) is 0 Å². The Balaban J connectivity index is 1.39. The number of sulfonamides is 1. The molecule has 3 N–H and O–H groups in total. The molecule has 226 valence electrons. The van der Waals surface area contributed by atoms with Gasteiger partial charge in [-0.2, -0.15) is 0 Å². The van der Waals surface area contributed by atoms with E-state index in [0.29, 0.717) is 21.2 Å². The number of hydrogen-bond donors (Lipinski definition) is 2. The summed E-state index contributed by atoms with van der Waals surface area (Å²) in [4.78, 5) is 55.3. The summed E-state index contributed by atoms with van der Waals surface area (Å²) in [6, 6.07) is 17.0. The first kappa shape index (κ1) is 31.0. The standard InChI is InChI=1S/C28H19BrCl2N4O6S3/c29-13-4-8-15(9-5-13)35-25(37)21-20(17-2-1-3-18(30)22(17)31)24-27(42-23(21)26(35)38)34(28(39)43-24)12-19(36)33-14-6-10-16(11-7-14)44(32,40)41/h1-11,20-21,23H,12H2,(H,33,36)(H2,32,40,41)/t20-,21?,23?/m1/s1. The Morgan fingerprint density at radius 2 is 1.66 bits per heavy atom. The van der Waals surface area contributed by atoms with Crippen molar-refractivity contribution >= 4 is 101 Å². The highest BCUT2D eigenvalue weighted by molar-refractivity contribution is 9.10. The molecule has 0 aliphatic carbocycles. The number of nitrogens with zero attached hydrogens (tertiary/aromatic N) is 2.